The number of benzene rings is 1. The summed E-state index contributed by atoms with van der Waals surface area (Å²) in [6.07, 6.45) is 4.90. The van der Waals surface area contributed by atoms with Crippen molar-refractivity contribution < 1.29 is 12.8 Å². The van der Waals surface area contributed by atoms with Crippen molar-refractivity contribution in [3.63, 3.8) is 0 Å². The fraction of sp³-hybridized carbons (Fsp3) is 0.0556. The predicted octanol–water partition coefficient (Wildman–Crippen LogP) is 1.94. The van der Waals surface area contributed by atoms with Gasteiger partial charge >= 0.3 is 0 Å². The van der Waals surface area contributed by atoms with Crippen molar-refractivity contribution in [3.8, 4) is 22.6 Å². The van der Waals surface area contributed by atoms with Crippen LogP contribution in [-0.4, -0.2) is 39.0 Å². The zero-order valence-electron chi connectivity index (χ0n) is 14.8. The first-order chi connectivity index (χ1) is 14.0. The molecular formula is C18H14FN7O2S. The van der Waals surface area contributed by atoms with E-state index in [0.717, 1.165) is 17.7 Å². The summed E-state index contributed by atoms with van der Waals surface area (Å²) in [7, 11) is -3.93. The number of sulfonamides is 1. The summed E-state index contributed by atoms with van der Waals surface area (Å²) in [5.41, 5.74) is 2.07. The Bertz CT molecular complexity index is 1230. The highest BCUT2D eigenvalue weighted by molar-refractivity contribution is 7.89. The number of halogens is 1. The Balaban J connectivity index is 1.61. The average Bonchev–Trinajstić information content (AvgIpc) is 3.28. The van der Waals surface area contributed by atoms with Crippen LogP contribution in [0.3, 0.4) is 0 Å². The van der Waals surface area contributed by atoms with Gasteiger partial charge in [-0.25, -0.2) is 17.5 Å². The van der Waals surface area contributed by atoms with Crippen LogP contribution in [-0.2, 0) is 16.6 Å². The number of pyridine rings is 2. The van der Waals surface area contributed by atoms with Crippen LogP contribution in [0.2, 0.25) is 0 Å². The molecule has 0 radical (unpaired) electrons. The molecule has 146 valence electrons. The van der Waals surface area contributed by atoms with E-state index in [1.54, 1.807) is 42.9 Å². The molecule has 4 aromatic rings. The lowest BCUT2D eigenvalue weighted by molar-refractivity contribution is 0.580. The molecule has 2 N–H and O–H groups in total. The van der Waals surface area contributed by atoms with Crippen molar-refractivity contribution >= 4 is 10.0 Å². The van der Waals surface area contributed by atoms with Crippen LogP contribution in [0.4, 0.5) is 4.39 Å². The highest BCUT2D eigenvalue weighted by Gasteiger charge is 2.19. The van der Waals surface area contributed by atoms with Crippen LogP contribution in [0.15, 0.2) is 66.0 Å². The molecule has 4 rings (SSSR count). The normalized spacial score (nSPS) is 11.5. The van der Waals surface area contributed by atoms with E-state index in [1.165, 1.54) is 6.07 Å². The van der Waals surface area contributed by atoms with Gasteiger partial charge in [-0.2, -0.15) is 5.21 Å². The Morgan fingerprint density at radius 2 is 1.90 bits per heavy atom. The first-order valence-corrected chi connectivity index (χ1v) is 9.90. The number of rotatable bonds is 6. The van der Waals surface area contributed by atoms with Crippen LogP contribution in [0.25, 0.3) is 22.6 Å². The van der Waals surface area contributed by atoms with Crippen molar-refractivity contribution in [1.82, 2.24) is 35.3 Å². The predicted molar refractivity (Wildman–Crippen MR) is 101 cm³/mol. The Labute approximate surface area is 165 Å². The van der Waals surface area contributed by atoms with Gasteiger partial charge in [0.2, 0.25) is 15.8 Å². The number of nitrogens with zero attached hydrogens (tertiary/aromatic N) is 5. The van der Waals surface area contributed by atoms with Gasteiger partial charge < -0.3 is 0 Å². The lowest BCUT2D eigenvalue weighted by Crippen LogP contribution is -2.23. The minimum Gasteiger partial charge on any atom is -0.265 e. The molecule has 0 unspecified atom stereocenters. The highest BCUT2D eigenvalue weighted by atomic mass is 32.2. The smallest absolute Gasteiger partial charge is 0.240 e. The van der Waals surface area contributed by atoms with E-state index in [1.807, 2.05) is 0 Å². The third-order valence-corrected chi connectivity index (χ3v) is 5.53. The molecule has 11 heteroatoms. The molecule has 0 spiro atoms. The Kier molecular flexibility index (Phi) is 5.06. The van der Waals surface area contributed by atoms with Crippen molar-refractivity contribution in [2.75, 3.05) is 0 Å². The van der Waals surface area contributed by atoms with Gasteiger partial charge in [0.25, 0.3) is 0 Å². The molecule has 29 heavy (non-hydrogen) atoms. The maximum atomic E-state index is 14.1. The molecule has 1 aromatic carbocycles. The summed E-state index contributed by atoms with van der Waals surface area (Å²) in [6.45, 7) is 0.00273. The summed E-state index contributed by atoms with van der Waals surface area (Å²) >= 11 is 0. The molecular weight excluding hydrogens is 397 g/mol. The van der Waals surface area contributed by atoms with E-state index in [2.05, 4.69) is 35.3 Å². The number of H-pyrrole nitrogens is 1. The summed E-state index contributed by atoms with van der Waals surface area (Å²) in [5, 5.41) is 13.0. The molecule has 3 aromatic heterocycles. The fourth-order valence-corrected chi connectivity index (χ4v) is 3.76. The summed E-state index contributed by atoms with van der Waals surface area (Å²) in [5.74, 6) is -0.690. The first-order valence-electron chi connectivity index (χ1n) is 8.42. The van der Waals surface area contributed by atoms with E-state index >= 15 is 0 Å². The lowest BCUT2D eigenvalue weighted by atomic mass is 10.1. The number of hydrogen-bond acceptors (Lipinski definition) is 7. The molecule has 0 aliphatic rings. The van der Waals surface area contributed by atoms with Crippen LogP contribution >= 0.6 is 0 Å². The molecule has 0 amide bonds. The molecule has 0 aliphatic heterocycles. The molecule has 9 nitrogen and oxygen atoms in total. The molecule has 0 aliphatic carbocycles. The second-order valence-corrected chi connectivity index (χ2v) is 7.72. The second-order valence-electron chi connectivity index (χ2n) is 5.95. The van der Waals surface area contributed by atoms with Crippen molar-refractivity contribution in [2.24, 2.45) is 0 Å². The number of hydrogen-bond donors (Lipinski definition) is 2. The summed E-state index contributed by atoms with van der Waals surface area (Å²) < 4.78 is 42.1. The largest absolute Gasteiger partial charge is 0.265 e. The van der Waals surface area contributed by atoms with Crippen LogP contribution in [0, 0.1) is 5.82 Å². The van der Waals surface area contributed by atoms with Crippen molar-refractivity contribution in [2.45, 2.75) is 11.4 Å². The standard InChI is InChI=1S/C18H14FN7O2S/c19-16-4-3-14(10-15(16)18-23-25-26-24-18)29(27,28)22-11-13-2-1-7-21-17(13)12-5-8-20-9-6-12/h1-10,22H,11H2,(H,23,24,25,26). The van der Waals surface area contributed by atoms with E-state index < -0.39 is 15.8 Å². The van der Waals surface area contributed by atoms with Crippen LogP contribution < -0.4 is 4.72 Å². The average molecular weight is 411 g/mol. The van der Waals surface area contributed by atoms with Crippen LogP contribution in [0.1, 0.15) is 5.56 Å². The lowest BCUT2D eigenvalue weighted by Gasteiger charge is -2.11. The van der Waals surface area contributed by atoms with Crippen molar-refractivity contribution in [3.05, 3.63) is 72.4 Å². The topological polar surface area (TPSA) is 126 Å². The minimum atomic E-state index is -3.93. The van der Waals surface area contributed by atoms with Gasteiger partial charge in [0, 0.05) is 30.7 Å². The van der Waals surface area contributed by atoms with E-state index in [4.69, 9.17) is 0 Å². The molecule has 0 saturated carbocycles. The summed E-state index contributed by atoms with van der Waals surface area (Å²) in [4.78, 5) is 8.20. The SMILES string of the molecule is O=S(=O)(NCc1cccnc1-c1ccncc1)c1ccc(F)c(-c2nn[nH]n2)c1. The quantitative estimate of drug-likeness (QED) is 0.496. The van der Waals surface area contributed by atoms with Crippen molar-refractivity contribution in [1.29, 1.82) is 0 Å². The monoisotopic (exact) mass is 411 g/mol. The van der Waals surface area contributed by atoms with E-state index in [0.29, 0.717) is 11.3 Å². The number of aromatic amines is 1. The second kappa shape index (κ2) is 7.81. The fourth-order valence-electron chi connectivity index (χ4n) is 2.73. The van der Waals surface area contributed by atoms with E-state index in [9.17, 15) is 12.8 Å². The zero-order valence-corrected chi connectivity index (χ0v) is 15.6. The maximum absolute atomic E-state index is 14.1. The molecule has 0 atom stereocenters. The molecule has 0 fully saturated rings. The molecule has 0 saturated heterocycles. The third kappa shape index (κ3) is 4.00. The van der Waals surface area contributed by atoms with Gasteiger partial charge in [0.15, 0.2) is 0 Å². The van der Waals surface area contributed by atoms with Gasteiger partial charge in [-0.1, -0.05) is 6.07 Å². The summed E-state index contributed by atoms with van der Waals surface area (Å²) in [6, 6.07) is 10.5. The third-order valence-electron chi connectivity index (χ3n) is 4.13. The Morgan fingerprint density at radius 1 is 1.07 bits per heavy atom. The number of tetrazole rings is 1. The van der Waals surface area contributed by atoms with Gasteiger partial charge in [0.1, 0.15) is 5.82 Å². The number of nitrogens with one attached hydrogen (secondary N) is 2. The Morgan fingerprint density at radius 3 is 2.66 bits per heavy atom. The maximum Gasteiger partial charge on any atom is 0.240 e. The van der Waals surface area contributed by atoms with Gasteiger partial charge in [-0.05, 0) is 47.2 Å². The zero-order chi connectivity index (χ0) is 20.3. The minimum absolute atomic E-state index is 0.00273. The van der Waals surface area contributed by atoms with Gasteiger partial charge in [0.05, 0.1) is 16.2 Å². The molecule has 0 bridgehead atoms. The number of aromatic nitrogens is 6. The first kappa shape index (κ1) is 18.8. The van der Waals surface area contributed by atoms with Gasteiger partial charge in [-0.3, -0.25) is 9.97 Å². The van der Waals surface area contributed by atoms with Crippen LogP contribution in [0.5, 0.6) is 0 Å². The molecule has 3 heterocycles. The van der Waals surface area contributed by atoms with Gasteiger partial charge in [-0.15, -0.1) is 10.2 Å². The van der Waals surface area contributed by atoms with E-state index in [-0.39, 0.29) is 22.8 Å². The highest BCUT2D eigenvalue weighted by Crippen LogP contribution is 2.24. The Hall–Kier alpha value is -3.57.